The molecule has 0 N–H and O–H groups in total. The highest BCUT2D eigenvalue weighted by Gasteiger charge is 2.27. The molecule has 24 heavy (non-hydrogen) atoms. The van der Waals surface area contributed by atoms with Crippen LogP contribution in [-0.2, 0) is 4.74 Å². The van der Waals surface area contributed by atoms with E-state index in [1.807, 2.05) is 0 Å². The lowest BCUT2D eigenvalue weighted by atomic mass is 10.1. The smallest absolute Gasteiger partial charge is 0.282 e. The highest BCUT2D eigenvalue weighted by Crippen LogP contribution is 2.26. The molecule has 0 aromatic heterocycles. The minimum absolute atomic E-state index is 0.0762. The van der Waals surface area contributed by atoms with Crippen LogP contribution in [-0.4, -0.2) is 48.6 Å². The molecule has 1 amide bonds. The van der Waals surface area contributed by atoms with Gasteiger partial charge >= 0.3 is 0 Å². The van der Waals surface area contributed by atoms with Crippen LogP contribution in [0.3, 0.4) is 0 Å². The molecular formula is C17H24N2O5. The summed E-state index contributed by atoms with van der Waals surface area (Å²) < 4.78 is 10.9. The molecule has 0 spiro atoms. The maximum absolute atomic E-state index is 12.8. The van der Waals surface area contributed by atoms with Crippen molar-refractivity contribution in [2.24, 2.45) is 0 Å². The zero-order chi connectivity index (χ0) is 17.5. The maximum Gasteiger partial charge on any atom is 0.282 e. The largest absolute Gasteiger partial charge is 0.497 e. The zero-order valence-corrected chi connectivity index (χ0v) is 14.2. The van der Waals surface area contributed by atoms with E-state index in [-0.39, 0.29) is 23.3 Å². The Bertz CT molecular complexity index is 590. The molecule has 1 aliphatic heterocycles. The average molecular weight is 336 g/mol. The first-order valence-corrected chi connectivity index (χ1v) is 8.30. The van der Waals surface area contributed by atoms with Gasteiger partial charge in [0.15, 0.2) is 0 Å². The van der Waals surface area contributed by atoms with Crippen LogP contribution >= 0.6 is 0 Å². The van der Waals surface area contributed by atoms with E-state index in [4.69, 9.17) is 9.47 Å². The molecule has 1 saturated heterocycles. The van der Waals surface area contributed by atoms with E-state index < -0.39 is 4.92 Å². The SMILES string of the molecule is CCCO[C@@H]1CCCN(C(=O)c2cc(OC)ccc2[N+](=O)[O-])CC1. The van der Waals surface area contributed by atoms with Crippen LogP contribution in [0.4, 0.5) is 5.69 Å². The van der Waals surface area contributed by atoms with Gasteiger partial charge in [-0.2, -0.15) is 0 Å². The molecule has 0 radical (unpaired) electrons. The Morgan fingerprint density at radius 3 is 2.83 bits per heavy atom. The lowest BCUT2D eigenvalue weighted by Gasteiger charge is -2.21. The number of hydrogen-bond acceptors (Lipinski definition) is 5. The van der Waals surface area contributed by atoms with Gasteiger partial charge in [0.05, 0.1) is 18.1 Å². The number of nitro benzene ring substituents is 1. The van der Waals surface area contributed by atoms with Crippen molar-refractivity contribution in [3.63, 3.8) is 0 Å². The molecule has 7 nitrogen and oxygen atoms in total. The Labute approximate surface area is 141 Å². The van der Waals surface area contributed by atoms with Crippen molar-refractivity contribution in [1.29, 1.82) is 0 Å². The van der Waals surface area contributed by atoms with E-state index in [0.717, 1.165) is 32.3 Å². The fourth-order valence-electron chi connectivity index (χ4n) is 2.86. The van der Waals surface area contributed by atoms with Crippen molar-refractivity contribution in [1.82, 2.24) is 4.90 Å². The van der Waals surface area contributed by atoms with Gasteiger partial charge in [0, 0.05) is 25.8 Å². The molecule has 2 rings (SSSR count). The first kappa shape index (κ1) is 18.2. The summed E-state index contributed by atoms with van der Waals surface area (Å²) in [5.41, 5.74) is -0.115. The third-order valence-electron chi connectivity index (χ3n) is 4.15. The Morgan fingerprint density at radius 2 is 2.17 bits per heavy atom. The van der Waals surface area contributed by atoms with Crippen LogP contribution in [0, 0.1) is 10.1 Å². The molecule has 1 atom stereocenters. The number of carbonyl (C=O) groups is 1. The highest BCUT2D eigenvalue weighted by molar-refractivity contribution is 5.98. The summed E-state index contributed by atoms with van der Waals surface area (Å²) in [5, 5.41) is 11.2. The van der Waals surface area contributed by atoms with Crippen molar-refractivity contribution in [2.75, 3.05) is 26.8 Å². The minimum atomic E-state index is -0.530. The summed E-state index contributed by atoms with van der Waals surface area (Å²) in [5.74, 6) is 0.111. The van der Waals surface area contributed by atoms with E-state index in [0.29, 0.717) is 18.8 Å². The Balaban J connectivity index is 2.14. The minimum Gasteiger partial charge on any atom is -0.497 e. The van der Waals surface area contributed by atoms with Gasteiger partial charge in [-0.3, -0.25) is 14.9 Å². The second kappa shape index (κ2) is 8.63. The molecule has 1 aromatic carbocycles. The van der Waals surface area contributed by atoms with Crippen LogP contribution in [0.2, 0.25) is 0 Å². The topological polar surface area (TPSA) is 81.9 Å². The number of ether oxygens (including phenoxy) is 2. The molecular weight excluding hydrogens is 312 g/mol. The highest BCUT2D eigenvalue weighted by atomic mass is 16.6. The van der Waals surface area contributed by atoms with Gasteiger partial charge in [-0.15, -0.1) is 0 Å². The van der Waals surface area contributed by atoms with Crippen LogP contribution in [0.5, 0.6) is 5.75 Å². The number of rotatable bonds is 6. The summed E-state index contributed by atoms with van der Waals surface area (Å²) in [6, 6.07) is 4.25. The first-order chi connectivity index (χ1) is 11.6. The molecule has 0 saturated carbocycles. The van der Waals surface area contributed by atoms with Gasteiger partial charge < -0.3 is 14.4 Å². The van der Waals surface area contributed by atoms with Crippen molar-refractivity contribution < 1.29 is 19.2 Å². The van der Waals surface area contributed by atoms with Gasteiger partial charge in [-0.05, 0) is 37.8 Å². The number of nitro groups is 1. The quantitative estimate of drug-likeness (QED) is 0.589. The predicted octanol–water partition coefficient (Wildman–Crippen LogP) is 3.02. The maximum atomic E-state index is 12.8. The summed E-state index contributed by atoms with van der Waals surface area (Å²) in [4.78, 5) is 25.2. The van der Waals surface area contributed by atoms with Gasteiger partial charge in [-0.1, -0.05) is 6.92 Å². The van der Waals surface area contributed by atoms with E-state index in [2.05, 4.69) is 6.92 Å². The second-order valence-corrected chi connectivity index (χ2v) is 5.86. The number of amides is 1. The van der Waals surface area contributed by atoms with Crippen LogP contribution < -0.4 is 4.74 Å². The monoisotopic (exact) mass is 336 g/mol. The zero-order valence-electron chi connectivity index (χ0n) is 14.2. The van der Waals surface area contributed by atoms with Crippen molar-refractivity contribution in [3.8, 4) is 5.75 Å². The number of benzene rings is 1. The van der Waals surface area contributed by atoms with Crippen molar-refractivity contribution >= 4 is 11.6 Å². The second-order valence-electron chi connectivity index (χ2n) is 5.86. The standard InChI is InChI=1S/C17H24N2O5/c1-3-11-24-13-5-4-9-18(10-8-13)17(20)15-12-14(23-2)6-7-16(15)19(21)22/h6-7,12-13H,3-5,8-11H2,1-2H3/t13-/m1/s1. The van der Waals surface area contributed by atoms with Gasteiger partial charge in [-0.25, -0.2) is 0 Å². The molecule has 1 heterocycles. The van der Waals surface area contributed by atoms with Crippen molar-refractivity contribution in [3.05, 3.63) is 33.9 Å². The van der Waals surface area contributed by atoms with E-state index in [9.17, 15) is 14.9 Å². The van der Waals surface area contributed by atoms with Crippen LogP contribution in [0.1, 0.15) is 43.0 Å². The summed E-state index contributed by atoms with van der Waals surface area (Å²) in [6.07, 6.45) is 3.61. The fourth-order valence-corrected chi connectivity index (χ4v) is 2.86. The van der Waals surface area contributed by atoms with Gasteiger partial charge in [0.25, 0.3) is 11.6 Å². The number of nitrogens with zero attached hydrogens (tertiary/aromatic N) is 2. The molecule has 1 aromatic rings. The molecule has 1 fully saturated rings. The van der Waals surface area contributed by atoms with Gasteiger partial charge in [0.1, 0.15) is 11.3 Å². The molecule has 1 aliphatic rings. The molecule has 0 bridgehead atoms. The summed E-state index contributed by atoms with van der Waals surface area (Å²) >= 11 is 0. The molecule has 0 unspecified atom stereocenters. The fraction of sp³-hybridized carbons (Fsp3) is 0.588. The first-order valence-electron chi connectivity index (χ1n) is 8.30. The van der Waals surface area contributed by atoms with Crippen molar-refractivity contribution in [2.45, 2.75) is 38.7 Å². The molecule has 0 aliphatic carbocycles. The number of carbonyl (C=O) groups excluding carboxylic acids is 1. The van der Waals surface area contributed by atoms with E-state index in [1.54, 1.807) is 4.90 Å². The normalized spacial score (nSPS) is 18.1. The summed E-state index contributed by atoms with van der Waals surface area (Å²) in [7, 11) is 1.47. The predicted molar refractivity (Wildman–Crippen MR) is 89.4 cm³/mol. The Kier molecular flexibility index (Phi) is 6.54. The number of likely N-dealkylation sites (tertiary alicyclic amines) is 1. The Morgan fingerprint density at radius 1 is 1.38 bits per heavy atom. The van der Waals surface area contributed by atoms with Crippen LogP contribution in [0.15, 0.2) is 18.2 Å². The number of methoxy groups -OCH3 is 1. The third kappa shape index (κ3) is 4.44. The lowest BCUT2D eigenvalue weighted by molar-refractivity contribution is -0.385. The average Bonchev–Trinajstić information content (AvgIpc) is 2.84. The third-order valence-corrected chi connectivity index (χ3v) is 4.15. The summed E-state index contributed by atoms with van der Waals surface area (Å²) in [6.45, 7) is 3.91. The molecule has 7 heteroatoms. The number of hydrogen-bond donors (Lipinski definition) is 0. The van der Waals surface area contributed by atoms with Gasteiger partial charge in [0.2, 0.25) is 0 Å². The Hall–Kier alpha value is -2.15. The van der Waals surface area contributed by atoms with E-state index >= 15 is 0 Å². The van der Waals surface area contributed by atoms with E-state index in [1.165, 1.54) is 25.3 Å². The molecule has 132 valence electrons. The lowest BCUT2D eigenvalue weighted by Crippen LogP contribution is -2.32. The van der Waals surface area contributed by atoms with Crippen LogP contribution in [0.25, 0.3) is 0 Å².